The normalized spacial score (nSPS) is 28.9. The van der Waals surface area contributed by atoms with Gasteiger partial charge in [0.25, 0.3) is 0 Å². The molecule has 0 saturated carbocycles. The molecule has 1 unspecified atom stereocenters. The van der Waals surface area contributed by atoms with E-state index in [0.717, 1.165) is 56.0 Å². The number of para-hydroxylation sites is 1. The van der Waals surface area contributed by atoms with Crippen molar-refractivity contribution in [2.75, 3.05) is 40.0 Å². The van der Waals surface area contributed by atoms with E-state index in [0.29, 0.717) is 18.9 Å². The molecule has 33 heavy (non-hydrogen) atoms. The van der Waals surface area contributed by atoms with E-state index in [-0.39, 0.29) is 29.9 Å². The van der Waals surface area contributed by atoms with E-state index in [1.807, 2.05) is 18.2 Å². The number of carbonyl (C=O) groups is 1. The van der Waals surface area contributed by atoms with Crippen LogP contribution in [0.4, 0.5) is 0 Å². The molecule has 5 rings (SSSR count). The number of hydrogen-bond donors (Lipinski definition) is 2. The van der Waals surface area contributed by atoms with E-state index in [1.165, 1.54) is 5.56 Å². The molecule has 3 heterocycles. The van der Waals surface area contributed by atoms with Crippen LogP contribution in [0, 0.1) is 5.92 Å². The zero-order valence-electron chi connectivity index (χ0n) is 19.4. The maximum atomic E-state index is 14.1. The van der Waals surface area contributed by atoms with Crippen LogP contribution in [0.25, 0.3) is 0 Å². The lowest BCUT2D eigenvalue weighted by molar-refractivity contribution is -0.640. The van der Waals surface area contributed by atoms with Crippen LogP contribution < -0.4 is 14.8 Å². The van der Waals surface area contributed by atoms with Crippen LogP contribution in [0.15, 0.2) is 48.5 Å². The van der Waals surface area contributed by atoms with Crippen molar-refractivity contribution in [3.8, 4) is 11.5 Å². The number of amides is 1. The van der Waals surface area contributed by atoms with E-state index in [4.69, 9.17) is 9.47 Å². The fourth-order valence-electron chi connectivity index (χ4n) is 6.47. The number of fused-ring (bicyclic) bond motifs is 2. The standard InChI is InChI=1S/C27H34N2O4/c1-32-24-9-5-8-22-25(24)33-15-12-27(22)18-28-17-23(27)26(31)29-13-10-20(16-21(29)11-14-30)19-6-3-2-4-7-19/h2-9,20-21,23,28,30H,10-18H2,1H3/p+1/t20-,21?,23+,27+/m1/s1. The Hall–Kier alpha value is -2.57. The van der Waals surface area contributed by atoms with Gasteiger partial charge in [0, 0.05) is 24.8 Å². The van der Waals surface area contributed by atoms with Crippen LogP contribution in [0.2, 0.25) is 0 Å². The van der Waals surface area contributed by atoms with Gasteiger partial charge in [0.2, 0.25) is 5.91 Å². The van der Waals surface area contributed by atoms with Crippen molar-refractivity contribution in [3.63, 3.8) is 0 Å². The summed E-state index contributed by atoms with van der Waals surface area (Å²) < 4.78 is 11.6. The second-order valence-corrected chi connectivity index (χ2v) is 9.70. The van der Waals surface area contributed by atoms with Crippen LogP contribution in [-0.2, 0) is 10.2 Å². The quantitative estimate of drug-likeness (QED) is 0.730. The first-order chi connectivity index (χ1) is 16.2. The number of aliphatic hydroxyl groups is 1. The van der Waals surface area contributed by atoms with Gasteiger partial charge >= 0.3 is 0 Å². The van der Waals surface area contributed by atoms with E-state index in [1.54, 1.807) is 7.11 Å². The third-order valence-corrected chi connectivity index (χ3v) is 8.14. The molecule has 4 atom stereocenters. The van der Waals surface area contributed by atoms with E-state index >= 15 is 0 Å². The number of likely N-dealkylation sites (tertiary alicyclic amines) is 1. The molecule has 0 aromatic heterocycles. The largest absolute Gasteiger partial charge is 0.493 e. The lowest BCUT2D eigenvalue weighted by Gasteiger charge is -2.44. The molecule has 0 bridgehead atoms. The second kappa shape index (κ2) is 9.35. The zero-order chi connectivity index (χ0) is 22.8. The maximum absolute atomic E-state index is 14.1. The summed E-state index contributed by atoms with van der Waals surface area (Å²) in [5.74, 6) is 2.12. The van der Waals surface area contributed by atoms with E-state index < -0.39 is 0 Å². The maximum Gasteiger partial charge on any atom is 0.232 e. The average Bonchev–Trinajstić information content (AvgIpc) is 3.28. The Kier molecular flexibility index (Phi) is 6.30. The van der Waals surface area contributed by atoms with Crippen molar-refractivity contribution in [1.82, 2.24) is 4.90 Å². The molecule has 0 radical (unpaired) electrons. The molecule has 2 fully saturated rings. The number of nitrogens with two attached hydrogens (primary N) is 1. The van der Waals surface area contributed by atoms with Gasteiger partial charge in [-0.25, -0.2) is 0 Å². The van der Waals surface area contributed by atoms with Gasteiger partial charge in [0.05, 0.1) is 32.2 Å². The lowest BCUT2D eigenvalue weighted by atomic mass is 9.68. The zero-order valence-corrected chi connectivity index (χ0v) is 19.4. The number of hydrogen-bond acceptors (Lipinski definition) is 4. The second-order valence-electron chi connectivity index (χ2n) is 9.70. The summed E-state index contributed by atoms with van der Waals surface area (Å²) in [6, 6.07) is 16.7. The molecule has 0 aliphatic carbocycles. The van der Waals surface area contributed by atoms with Crippen LogP contribution in [0.5, 0.6) is 11.5 Å². The lowest BCUT2D eigenvalue weighted by Crippen LogP contribution is -2.82. The van der Waals surface area contributed by atoms with Crippen molar-refractivity contribution >= 4 is 5.91 Å². The molecule has 3 N–H and O–H groups in total. The molecule has 6 nitrogen and oxygen atoms in total. The highest BCUT2D eigenvalue weighted by atomic mass is 16.5. The molecule has 2 saturated heterocycles. The van der Waals surface area contributed by atoms with Crippen LogP contribution in [0.1, 0.15) is 42.7 Å². The first-order valence-electron chi connectivity index (χ1n) is 12.3. The Morgan fingerprint density at radius 3 is 2.88 bits per heavy atom. The van der Waals surface area contributed by atoms with Crippen LogP contribution in [0.3, 0.4) is 0 Å². The third kappa shape index (κ3) is 3.89. The molecule has 6 heteroatoms. The van der Waals surface area contributed by atoms with Crippen molar-refractivity contribution in [3.05, 3.63) is 59.7 Å². The first kappa shape index (κ1) is 22.2. The van der Waals surface area contributed by atoms with Gasteiger partial charge in [-0.3, -0.25) is 4.79 Å². The highest BCUT2D eigenvalue weighted by molar-refractivity contribution is 5.82. The first-order valence-corrected chi connectivity index (χ1v) is 12.3. The highest BCUT2D eigenvalue weighted by Crippen LogP contribution is 2.49. The number of carbonyl (C=O) groups excluding carboxylic acids is 1. The number of methoxy groups -OCH3 is 1. The summed E-state index contributed by atoms with van der Waals surface area (Å²) in [6.45, 7) is 3.13. The molecule has 1 amide bonds. The number of ether oxygens (including phenoxy) is 2. The minimum absolute atomic E-state index is 0.0729. The molecule has 2 aromatic rings. The Bertz CT molecular complexity index is 981. The van der Waals surface area contributed by atoms with Gasteiger partial charge in [0.15, 0.2) is 11.5 Å². The summed E-state index contributed by atoms with van der Waals surface area (Å²) in [5.41, 5.74) is 2.21. The molecule has 3 aliphatic rings. The Morgan fingerprint density at radius 2 is 2.09 bits per heavy atom. The minimum Gasteiger partial charge on any atom is -0.493 e. The van der Waals surface area contributed by atoms with Crippen molar-refractivity contribution in [1.29, 1.82) is 0 Å². The smallest absolute Gasteiger partial charge is 0.232 e. The van der Waals surface area contributed by atoms with Gasteiger partial charge in [-0.05, 0) is 43.2 Å². The number of quaternary nitrogens is 1. The molecule has 1 spiro atoms. The highest BCUT2D eigenvalue weighted by Gasteiger charge is 2.55. The summed E-state index contributed by atoms with van der Waals surface area (Å²) in [5, 5.41) is 12.1. The Balaban J connectivity index is 1.42. The van der Waals surface area contributed by atoms with E-state index in [9.17, 15) is 9.90 Å². The topological polar surface area (TPSA) is 75.6 Å². The number of benzene rings is 2. The van der Waals surface area contributed by atoms with Gasteiger partial charge in [-0.1, -0.05) is 42.5 Å². The third-order valence-electron chi connectivity index (χ3n) is 8.14. The minimum atomic E-state index is -0.237. The van der Waals surface area contributed by atoms with Crippen molar-refractivity contribution in [2.24, 2.45) is 5.92 Å². The fraction of sp³-hybridized carbons (Fsp3) is 0.519. The number of piperidine rings is 1. The van der Waals surface area contributed by atoms with Gasteiger partial charge in [0.1, 0.15) is 5.92 Å². The summed E-state index contributed by atoms with van der Waals surface area (Å²) >= 11 is 0. The molecule has 3 aliphatic heterocycles. The summed E-state index contributed by atoms with van der Waals surface area (Å²) in [6.07, 6.45) is 3.35. The molecule has 176 valence electrons. The Morgan fingerprint density at radius 1 is 1.24 bits per heavy atom. The number of rotatable bonds is 5. The Labute approximate surface area is 195 Å². The van der Waals surface area contributed by atoms with Gasteiger partial charge in [-0.2, -0.15) is 0 Å². The van der Waals surface area contributed by atoms with Crippen LogP contribution >= 0.6 is 0 Å². The predicted octanol–water partition coefficient (Wildman–Crippen LogP) is 2.07. The van der Waals surface area contributed by atoms with Gasteiger partial charge in [-0.15, -0.1) is 0 Å². The molecule has 2 aromatic carbocycles. The fourth-order valence-corrected chi connectivity index (χ4v) is 6.47. The monoisotopic (exact) mass is 451 g/mol. The van der Waals surface area contributed by atoms with E-state index in [2.05, 4.69) is 40.5 Å². The predicted molar refractivity (Wildman–Crippen MR) is 126 cm³/mol. The average molecular weight is 452 g/mol. The summed E-state index contributed by atoms with van der Waals surface area (Å²) in [4.78, 5) is 16.2. The molecular formula is C27H35N2O4+. The van der Waals surface area contributed by atoms with Crippen molar-refractivity contribution < 1.29 is 24.7 Å². The SMILES string of the molecule is COc1cccc2c1OCC[C@]21C[NH2+]C[C@H]1C(=O)N1CC[C@@H](c2ccccc2)CC1CCO. The van der Waals surface area contributed by atoms with Crippen molar-refractivity contribution in [2.45, 2.75) is 43.1 Å². The number of nitrogens with zero attached hydrogens (tertiary/aromatic N) is 1. The number of aliphatic hydroxyl groups excluding tert-OH is 1. The van der Waals surface area contributed by atoms with Gasteiger partial charge < -0.3 is 24.8 Å². The molecular weight excluding hydrogens is 416 g/mol. The summed E-state index contributed by atoms with van der Waals surface area (Å²) in [7, 11) is 1.67. The van der Waals surface area contributed by atoms with Crippen LogP contribution in [-0.4, -0.2) is 61.9 Å².